The Kier molecular flexibility index (Phi) is 4.61. The zero-order valence-electron chi connectivity index (χ0n) is 11.4. The van der Waals surface area contributed by atoms with Crippen LogP contribution in [0, 0.1) is 5.92 Å². The Labute approximate surface area is 121 Å². The van der Waals surface area contributed by atoms with Crippen molar-refractivity contribution >= 4 is 15.7 Å². The van der Waals surface area contributed by atoms with Gasteiger partial charge in [0.15, 0.2) is 9.84 Å². The van der Waals surface area contributed by atoms with Crippen LogP contribution < -0.4 is 16.6 Å². The lowest BCUT2D eigenvalue weighted by molar-refractivity contribution is -0.121. The number of aromatic nitrogens is 2. The van der Waals surface area contributed by atoms with Crippen molar-refractivity contribution in [2.24, 2.45) is 5.92 Å². The minimum atomic E-state index is -2.94. The average Bonchev–Trinajstić information content (AvgIpc) is 2.75. The monoisotopic (exact) mass is 315 g/mol. The molecule has 1 aliphatic heterocycles. The summed E-state index contributed by atoms with van der Waals surface area (Å²) in [5, 5.41) is 2.67. The van der Waals surface area contributed by atoms with E-state index in [1.165, 1.54) is 16.8 Å². The Morgan fingerprint density at radius 3 is 2.81 bits per heavy atom. The molecule has 0 saturated carbocycles. The van der Waals surface area contributed by atoms with Gasteiger partial charge in [-0.1, -0.05) is 0 Å². The van der Waals surface area contributed by atoms with Gasteiger partial charge < -0.3 is 9.88 Å². The van der Waals surface area contributed by atoms with Crippen LogP contribution in [0.25, 0.3) is 0 Å². The first-order valence-corrected chi connectivity index (χ1v) is 8.45. The van der Waals surface area contributed by atoms with Crippen molar-refractivity contribution in [1.82, 2.24) is 14.9 Å². The molecule has 0 spiro atoms. The van der Waals surface area contributed by atoms with Crippen molar-refractivity contribution in [2.75, 3.05) is 18.1 Å². The molecule has 1 amide bonds. The number of carbonyl (C=O) groups is 1. The molecule has 2 N–H and O–H groups in total. The van der Waals surface area contributed by atoms with E-state index in [9.17, 15) is 22.8 Å². The van der Waals surface area contributed by atoms with E-state index in [0.717, 1.165) is 0 Å². The molecule has 2 rings (SSSR count). The Morgan fingerprint density at radius 1 is 1.43 bits per heavy atom. The van der Waals surface area contributed by atoms with Gasteiger partial charge in [-0.15, -0.1) is 0 Å². The highest BCUT2D eigenvalue weighted by molar-refractivity contribution is 7.91. The summed E-state index contributed by atoms with van der Waals surface area (Å²) < 4.78 is 23.8. The Balaban J connectivity index is 1.78. The molecule has 0 aromatic carbocycles. The SMILES string of the molecule is O=C(CCn1ccc(=O)[nH]c1=O)NC[C@@H]1CCS(=O)(=O)C1. The number of hydrogen-bond donors (Lipinski definition) is 2. The Hall–Kier alpha value is -1.90. The van der Waals surface area contributed by atoms with E-state index in [1.54, 1.807) is 0 Å². The molecular formula is C12H17N3O5S. The standard InChI is InChI=1S/C12H17N3O5S/c16-10(13-7-9-3-6-21(19,20)8-9)1-4-15-5-2-11(17)14-12(15)18/h2,5,9H,1,3-4,6-8H2,(H,13,16)(H,14,17,18)/t9-/m0/s1. The van der Waals surface area contributed by atoms with Gasteiger partial charge in [-0.25, -0.2) is 13.2 Å². The molecule has 0 aliphatic carbocycles. The minimum absolute atomic E-state index is 0.0326. The second-order valence-electron chi connectivity index (χ2n) is 5.13. The molecule has 21 heavy (non-hydrogen) atoms. The molecule has 1 aromatic heterocycles. The van der Waals surface area contributed by atoms with E-state index in [2.05, 4.69) is 10.3 Å². The van der Waals surface area contributed by atoms with Crippen LogP contribution >= 0.6 is 0 Å². The third-order valence-electron chi connectivity index (χ3n) is 3.39. The molecule has 0 unspecified atom stereocenters. The van der Waals surface area contributed by atoms with E-state index in [-0.39, 0.29) is 36.3 Å². The highest BCUT2D eigenvalue weighted by Gasteiger charge is 2.27. The lowest BCUT2D eigenvalue weighted by Gasteiger charge is -2.10. The fourth-order valence-corrected chi connectivity index (χ4v) is 4.08. The molecule has 1 saturated heterocycles. The van der Waals surface area contributed by atoms with Gasteiger partial charge >= 0.3 is 5.69 Å². The van der Waals surface area contributed by atoms with Gasteiger partial charge in [0.1, 0.15) is 0 Å². The molecule has 0 radical (unpaired) electrons. The highest BCUT2D eigenvalue weighted by Crippen LogP contribution is 2.17. The molecule has 2 heterocycles. The summed E-state index contributed by atoms with van der Waals surface area (Å²) in [5.74, 6) is 0.0135. The number of hydrogen-bond acceptors (Lipinski definition) is 5. The van der Waals surface area contributed by atoms with Crippen molar-refractivity contribution in [3.8, 4) is 0 Å². The molecule has 8 nitrogen and oxygen atoms in total. The van der Waals surface area contributed by atoms with Crippen LogP contribution in [0.3, 0.4) is 0 Å². The molecular weight excluding hydrogens is 298 g/mol. The molecule has 0 bridgehead atoms. The lowest BCUT2D eigenvalue weighted by Crippen LogP contribution is -2.33. The zero-order valence-corrected chi connectivity index (χ0v) is 12.2. The molecule has 1 fully saturated rings. The number of amides is 1. The maximum Gasteiger partial charge on any atom is 0.328 e. The maximum atomic E-state index is 11.7. The fourth-order valence-electron chi connectivity index (χ4n) is 2.22. The van der Waals surface area contributed by atoms with Crippen LogP contribution in [-0.2, 0) is 21.2 Å². The number of carbonyl (C=O) groups excluding carboxylic acids is 1. The van der Waals surface area contributed by atoms with Crippen molar-refractivity contribution in [3.63, 3.8) is 0 Å². The average molecular weight is 315 g/mol. The van der Waals surface area contributed by atoms with Crippen LogP contribution in [0.5, 0.6) is 0 Å². The van der Waals surface area contributed by atoms with Crippen LogP contribution in [0.15, 0.2) is 21.9 Å². The number of aromatic amines is 1. The first-order valence-electron chi connectivity index (χ1n) is 6.62. The van der Waals surface area contributed by atoms with Gasteiger partial charge in [-0.2, -0.15) is 0 Å². The Bertz CT molecular complexity index is 734. The number of nitrogens with one attached hydrogen (secondary N) is 2. The second kappa shape index (κ2) is 6.25. The van der Waals surface area contributed by atoms with E-state index >= 15 is 0 Å². The molecule has 9 heteroatoms. The minimum Gasteiger partial charge on any atom is -0.356 e. The van der Waals surface area contributed by atoms with Gasteiger partial charge in [0.05, 0.1) is 11.5 Å². The van der Waals surface area contributed by atoms with E-state index in [4.69, 9.17) is 0 Å². The molecule has 1 atom stereocenters. The first-order chi connectivity index (χ1) is 9.85. The van der Waals surface area contributed by atoms with Crippen LogP contribution in [0.1, 0.15) is 12.8 Å². The maximum absolute atomic E-state index is 11.7. The van der Waals surface area contributed by atoms with Crippen molar-refractivity contribution < 1.29 is 13.2 Å². The van der Waals surface area contributed by atoms with Crippen LogP contribution in [0.4, 0.5) is 0 Å². The van der Waals surface area contributed by atoms with Gasteiger partial charge in [0.2, 0.25) is 5.91 Å². The van der Waals surface area contributed by atoms with Gasteiger partial charge in [-0.3, -0.25) is 14.6 Å². The van der Waals surface area contributed by atoms with Crippen LogP contribution in [0.2, 0.25) is 0 Å². The van der Waals surface area contributed by atoms with Gasteiger partial charge in [0.25, 0.3) is 5.56 Å². The molecule has 1 aromatic rings. The molecule has 1 aliphatic rings. The quantitative estimate of drug-likeness (QED) is 0.684. The van der Waals surface area contributed by atoms with E-state index in [0.29, 0.717) is 13.0 Å². The first kappa shape index (κ1) is 15.5. The number of H-pyrrole nitrogens is 1. The van der Waals surface area contributed by atoms with Gasteiger partial charge in [-0.05, 0) is 12.3 Å². The van der Waals surface area contributed by atoms with Crippen molar-refractivity contribution in [2.45, 2.75) is 19.4 Å². The summed E-state index contributed by atoms with van der Waals surface area (Å²) in [6, 6.07) is 1.21. The number of aryl methyl sites for hydroxylation is 1. The largest absolute Gasteiger partial charge is 0.356 e. The molecule has 116 valence electrons. The summed E-state index contributed by atoms with van der Waals surface area (Å²) in [7, 11) is -2.94. The highest BCUT2D eigenvalue weighted by atomic mass is 32.2. The lowest BCUT2D eigenvalue weighted by atomic mass is 10.1. The van der Waals surface area contributed by atoms with Crippen LogP contribution in [-0.4, -0.2) is 41.9 Å². The normalized spacial score (nSPS) is 20.3. The summed E-state index contributed by atoms with van der Waals surface area (Å²) >= 11 is 0. The summed E-state index contributed by atoms with van der Waals surface area (Å²) in [6.07, 6.45) is 1.99. The number of nitrogens with zero attached hydrogens (tertiary/aromatic N) is 1. The fraction of sp³-hybridized carbons (Fsp3) is 0.583. The van der Waals surface area contributed by atoms with Crippen molar-refractivity contribution in [1.29, 1.82) is 0 Å². The predicted octanol–water partition coefficient (Wildman–Crippen LogP) is -1.52. The third-order valence-corrected chi connectivity index (χ3v) is 5.23. The summed E-state index contributed by atoms with van der Waals surface area (Å²) in [5.41, 5.74) is -1.04. The van der Waals surface area contributed by atoms with Gasteiger partial charge in [0, 0.05) is 31.8 Å². The smallest absolute Gasteiger partial charge is 0.328 e. The number of rotatable bonds is 5. The summed E-state index contributed by atoms with van der Waals surface area (Å²) in [4.78, 5) is 36.1. The zero-order chi connectivity index (χ0) is 15.5. The third kappa shape index (κ3) is 4.55. The summed E-state index contributed by atoms with van der Waals surface area (Å²) in [6.45, 7) is 0.489. The Morgan fingerprint density at radius 2 is 2.19 bits per heavy atom. The van der Waals surface area contributed by atoms with E-state index in [1.807, 2.05) is 0 Å². The van der Waals surface area contributed by atoms with E-state index < -0.39 is 21.1 Å². The topological polar surface area (TPSA) is 118 Å². The van der Waals surface area contributed by atoms with Crippen molar-refractivity contribution in [3.05, 3.63) is 33.1 Å². The second-order valence-corrected chi connectivity index (χ2v) is 7.36. The predicted molar refractivity (Wildman–Crippen MR) is 75.7 cm³/mol. The number of sulfone groups is 1.